The molecule has 0 spiro atoms. The Labute approximate surface area is 89.8 Å². The van der Waals surface area contributed by atoms with Gasteiger partial charge in [-0.25, -0.2) is 9.97 Å². The van der Waals surface area contributed by atoms with E-state index >= 15 is 0 Å². The lowest BCUT2D eigenvalue weighted by Gasteiger charge is -1.96. The number of nitrogens with two attached hydrogens (primary N) is 2. The topological polar surface area (TPSA) is 94.9 Å². The first-order valence-corrected chi connectivity index (χ1v) is 4.97. The second-order valence-electron chi connectivity index (χ2n) is 2.83. The lowest BCUT2D eigenvalue weighted by atomic mass is 10.3. The number of rotatable bonds is 2. The number of hydrogen-bond acceptors (Lipinski definition) is 5. The molecule has 0 aromatic carbocycles. The Kier molecular flexibility index (Phi) is 2.34. The summed E-state index contributed by atoms with van der Waals surface area (Å²) in [5, 5.41) is 0. The van der Waals surface area contributed by atoms with Gasteiger partial charge in [0.05, 0.1) is 15.4 Å². The number of nitrogen functional groups attached to an aromatic ring is 1. The van der Waals surface area contributed by atoms with Crippen LogP contribution < -0.4 is 11.5 Å². The Morgan fingerprint density at radius 2 is 2.13 bits per heavy atom. The normalized spacial score (nSPS) is 10.1. The van der Waals surface area contributed by atoms with Crippen LogP contribution in [0.2, 0.25) is 0 Å². The lowest BCUT2D eigenvalue weighted by Crippen LogP contribution is -2.07. The van der Waals surface area contributed by atoms with Crippen molar-refractivity contribution in [2.24, 2.45) is 5.73 Å². The van der Waals surface area contributed by atoms with Gasteiger partial charge in [0.25, 0.3) is 5.91 Å². The maximum atomic E-state index is 10.9. The van der Waals surface area contributed by atoms with Crippen molar-refractivity contribution in [1.82, 2.24) is 9.97 Å². The molecule has 2 aromatic heterocycles. The Balaban J connectivity index is 2.41. The van der Waals surface area contributed by atoms with Crippen molar-refractivity contribution in [2.45, 2.75) is 0 Å². The van der Waals surface area contributed by atoms with Gasteiger partial charge in [0.15, 0.2) is 0 Å². The zero-order valence-electron chi connectivity index (χ0n) is 7.68. The van der Waals surface area contributed by atoms with E-state index in [-0.39, 0.29) is 5.95 Å². The molecule has 0 unspecified atom stereocenters. The Morgan fingerprint density at radius 3 is 2.73 bits per heavy atom. The molecule has 2 heterocycles. The third kappa shape index (κ3) is 1.94. The largest absolute Gasteiger partial charge is 0.368 e. The minimum Gasteiger partial charge on any atom is -0.368 e. The Hall–Kier alpha value is -1.95. The van der Waals surface area contributed by atoms with Gasteiger partial charge in [-0.3, -0.25) is 4.79 Å². The van der Waals surface area contributed by atoms with E-state index in [2.05, 4.69) is 9.97 Å². The number of nitrogens with zero attached hydrogens (tertiary/aromatic N) is 2. The Bertz CT molecular complexity index is 508. The van der Waals surface area contributed by atoms with Gasteiger partial charge in [-0.1, -0.05) is 0 Å². The molecule has 5 nitrogen and oxygen atoms in total. The van der Waals surface area contributed by atoms with E-state index in [0.29, 0.717) is 10.6 Å². The molecule has 15 heavy (non-hydrogen) atoms. The van der Waals surface area contributed by atoms with Gasteiger partial charge < -0.3 is 11.5 Å². The smallest absolute Gasteiger partial charge is 0.258 e. The van der Waals surface area contributed by atoms with Crippen LogP contribution in [-0.4, -0.2) is 15.9 Å². The minimum absolute atomic E-state index is 0.210. The predicted molar refractivity (Wildman–Crippen MR) is 58.3 cm³/mol. The van der Waals surface area contributed by atoms with Crippen molar-refractivity contribution in [3.63, 3.8) is 0 Å². The highest BCUT2D eigenvalue weighted by Gasteiger charge is 2.07. The first-order chi connectivity index (χ1) is 7.16. The number of carbonyl (C=O) groups excluding carboxylic acids is 1. The summed E-state index contributed by atoms with van der Waals surface area (Å²) in [5.41, 5.74) is 11.3. The second kappa shape index (κ2) is 3.66. The quantitative estimate of drug-likeness (QED) is 0.785. The number of hydrogen-bond donors (Lipinski definition) is 2. The third-order valence-corrected chi connectivity index (χ3v) is 2.90. The highest BCUT2D eigenvalue weighted by atomic mass is 32.1. The van der Waals surface area contributed by atoms with E-state index in [0.717, 1.165) is 4.88 Å². The fourth-order valence-corrected chi connectivity index (χ4v) is 1.95. The summed E-state index contributed by atoms with van der Waals surface area (Å²) in [6.07, 6.45) is 1.57. The van der Waals surface area contributed by atoms with Crippen LogP contribution in [-0.2, 0) is 0 Å². The average molecular weight is 220 g/mol. The van der Waals surface area contributed by atoms with E-state index in [1.54, 1.807) is 24.4 Å². The third-order valence-electron chi connectivity index (χ3n) is 1.78. The van der Waals surface area contributed by atoms with Crippen LogP contribution >= 0.6 is 11.3 Å². The van der Waals surface area contributed by atoms with Crippen molar-refractivity contribution in [3.05, 3.63) is 29.3 Å². The van der Waals surface area contributed by atoms with E-state index in [1.165, 1.54) is 11.3 Å². The zero-order valence-corrected chi connectivity index (χ0v) is 8.49. The molecule has 1 amide bonds. The molecule has 0 bridgehead atoms. The fourth-order valence-electron chi connectivity index (χ4n) is 1.12. The van der Waals surface area contributed by atoms with Crippen molar-refractivity contribution < 1.29 is 4.79 Å². The zero-order chi connectivity index (χ0) is 10.8. The van der Waals surface area contributed by atoms with Gasteiger partial charge in [-0.2, -0.15) is 0 Å². The average Bonchev–Trinajstić information content (AvgIpc) is 2.66. The van der Waals surface area contributed by atoms with Crippen molar-refractivity contribution in [3.8, 4) is 10.6 Å². The van der Waals surface area contributed by atoms with Gasteiger partial charge >= 0.3 is 0 Å². The standard InChI is InChI=1S/C9H8N4OS/c10-8(14)7-2-1-6(15-7)5-3-4-12-9(11)13-5/h1-4H,(H2,10,14)(H2,11,12,13). The van der Waals surface area contributed by atoms with Crippen molar-refractivity contribution >= 4 is 23.2 Å². The van der Waals surface area contributed by atoms with Crippen LogP contribution in [0.5, 0.6) is 0 Å². The highest BCUT2D eigenvalue weighted by molar-refractivity contribution is 7.17. The van der Waals surface area contributed by atoms with Crippen molar-refractivity contribution in [1.29, 1.82) is 0 Å². The number of primary amides is 1. The molecule has 2 aromatic rings. The monoisotopic (exact) mass is 220 g/mol. The van der Waals surface area contributed by atoms with Crippen molar-refractivity contribution in [2.75, 3.05) is 5.73 Å². The molecular weight excluding hydrogens is 212 g/mol. The van der Waals surface area contributed by atoms with Gasteiger partial charge in [-0.05, 0) is 18.2 Å². The summed E-state index contributed by atoms with van der Waals surface area (Å²) >= 11 is 1.28. The van der Waals surface area contributed by atoms with E-state index in [9.17, 15) is 4.79 Å². The van der Waals surface area contributed by atoms with Crippen LogP contribution in [0, 0.1) is 0 Å². The van der Waals surface area contributed by atoms with E-state index in [1.807, 2.05) is 0 Å². The van der Waals surface area contributed by atoms with E-state index < -0.39 is 5.91 Å². The molecule has 4 N–H and O–H groups in total. The van der Waals surface area contributed by atoms with Crippen LogP contribution in [0.15, 0.2) is 24.4 Å². The SMILES string of the molecule is NC(=O)c1ccc(-c2ccnc(N)n2)s1. The predicted octanol–water partition coefficient (Wildman–Crippen LogP) is 0.886. The van der Waals surface area contributed by atoms with Gasteiger partial charge in [0.1, 0.15) is 0 Å². The number of thiophene rings is 1. The van der Waals surface area contributed by atoms with Crippen LogP contribution in [0.1, 0.15) is 9.67 Å². The number of carbonyl (C=O) groups is 1. The molecule has 0 aliphatic rings. The molecule has 0 saturated heterocycles. The lowest BCUT2D eigenvalue weighted by molar-refractivity contribution is 0.100. The minimum atomic E-state index is -0.437. The number of amides is 1. The first-order valence-electron chi connectivity index (χ1n) is 4.15. The molecule has 0 fully saturated rings. The second-order valence-corrected chi connectivity index (χ2v) is 3.91. The van der Waals surface area contributed by atoms with Gasteiger partial charge in [0.2, 0.25) is 5.95 Å². The van der Waals surface area contributed by atoms with Crippen LogP contribution in [0.3, 0.4) is 0 Å². The maximum absolute atomic E-state index is 10.9. The maximum Gasteiger partial charge on any atom is 0.258 e. The molecule has 0 atom stereocenters. The summed E-state index contributed by atoms with van der Waals surface area (Å²) < 4.78 is 0. The molecule has 76 valence electrons. The molecule has 0 saturated carbocycles. The summed E-state index contributed by atoms with van der Waals surface area (Å²) in [4.78, 5) is 20.1. The van der Waals surface area contributed by atoms with Gasteiger partial charge in [-0.15, -0.1) is 11.3 Å². The summed E-state index contributed by atoms with van der Waals surface area (Å²) in [6.45, 7) is 0. The highest BCUT2D eigenvalue weighted by Crippen LogP contribution is 2.26. The first kappa shape index (κ1) is 9.60. The Morgan fingerprint density at radius 1 is 1.33 bits per heavy atom. The summed E-state index contributed by atoms with van der Waals surface area (Å²) in [6, 6.07) is 5.18. The molecule has 0 radical (unpaired) electrons. The molecule has 6 heteroatoms. The van der Waals surface area contributed by atoms with Gasteiger partial charge in [0, 0.05) is 6.20 Å². The fraction of sp³-hybridized carbons (Fsp3) is 0. The molecule has 0 aliphatic heterocycles. The summed E-state index contributed by atoms with van der Waals surface area (Å²) in [7, 11) is 0. The number of anilines is 1. The van der Waals surface area contributed by atoms with E-state index in [4.69, 9.17) is 11.5 Å². The molecular formula is C9H8N4OS. The molecule has 0 aliphatic carbocycles. The van der Waals surface area contributed by atoms with Crippen LogP contribution in [0.4, 0.5) is 5.95 Å². The number of aromatic nitrogens is 2. The summed E-state index contributed by atoms with van der Waals surface area (Å²) in [5.74, 6) is -0.227. The molecule has 2 rings (SSSR count). The van der Waals surface area contributed by atoms with Crippen LogP contribution in [0.25, 0.3) is 10.6 Å².